The third-order valence-electron chi connectivity index (χ3n) is 4.31. The molecule has 0 unspecified atom stereocenters. The molecule has 4 rings (SSSR count). The van der Waals surface area contributed by atoms with Gasteiger partial charge in [0.15, 0.2) is 0 Å². The van der Waals surface area contributed by atoms with Crippen LogP contribution in [-0.2, 0) is 6.42 Å². The molecule has 0 atom stereocenters. The van der Waals surface area contributed by atoms with Crippen molar-refractivity contribution >= 4 is 11.6 Å². The maximum atomic E-state index is 12.5. The number of benzene rings is 2. The summed E-state index contributed by atoms with van der Waals surface area (Å²) >= 11 is 0. The van der Waals surface area contributed by atoms with Crippen molar-refractivity contribution in [2.24, 2.45) is 0 Å². The van der Waals surface area contributed by atoms with Gasteiger partial charge in [0.05, 0.1) is 11.4 Å². The van der Waals surface area contributed by atoms with Gasteiger partial charge in [-0.05, 0) is 59.9 Å². The van der Waals surface area contributed by atoms with Crippen molar-refractivity contribution < 1.29 is 4.79 Å². The molecule has 112 valence electrons. The summed E-state index contributed by atoms with van der Waals surface area (Å²) in [5.74, 6) is -0.0974. The highest BCUT2D eigenvalue weighted by Gasteiger charge is 2.19. The van der Waals surface area contributed by atoms with Gasteiger partial charge < -0.3 is 5.32 Å². The van der Waals surface area contributed by atoms with Gasteiger partial charge >= 0.3 is 0 Å². The average molecular weight is 300 g/mol. The number of pyridine rings is 1. The van der Waals surface area contributed by atoms with Crippen molar-refractivity contribution in [2.75, 3.05) is 5.32 Å². The van der Waals surface area contributed by atoms with Crippen molar-refractivity contribution in [1.29, 1.82) is 0 Å². The second kappa shape index (κ2) is 5.36. The van der Waals surface area contributed by atoms with Crippen LogP contribution >= 0.6 is 0 Å². The highest BCUT2D eigenvalue weighted by atomic mass is 16.1. The summed E-state index contributed by atoms with van der Waals surface area (Å²) in [5.41, 5.74) is 7.28. The Bertz CT molecular complexity index is 915. The molecule has 0 fully saturated rings. The minimum Gasteiger partial charge on any atom is -0.320 e. The van der Waals surface area contributed by atoms with Crippen LogP contribution in [0, 0.1) is 6.92 Å². The van der Waals surface area contributed by atoms with Crippen LogP contribution in [-0.4, -0.2) is 10.9 Å². The quantitative estimate of drug-likeness (QED) is 0.602. The van der Waals surface area contributed by atoms with E-state index < -0.39 is 0 Å². The van der Waals surface area contributed by atoms with Crippen LogP contribution in [0.4, 0.5) is 5.69 Å². The lowest BCUT2D eigenvalue weighted by atomic mass is 10.0. The molecule has 2 aromatic carbocycles. The number of fused-ring (bicyclic) bond motifs is 3. The Morgan fingerprint density at radius 2 is 1.83 bits per heavy atom. The smallest absolute Gasteiger partial charge is 0.255 e. The highest BCUT2D eigenvalue weighted by molar-refractivity contribution is 6.05. The van der Waals surface area contributed by atoms with Crippen molar-refractivity contribution in [3.8, 4) is 11.1 Å². The lowest BCUT2D eigenvalue weighted by Gasteiger charge is -2.09. The number of anilines is 1. The number of nitrogens with zero attached hydrogens (tertiary/aromatic N) is 1. The molecule has 0 radical (unpaired) electrons. The zero-order valence-electron chi connectivity index (χ0n) is 12.8. The number of carbonyl (C=O) groups is 1. The number of nitrogens with one attached hydrogen (secondary N) is 1. The molecule has 0 spiro atoms. The van der Waals surface area contributed by atoms with Crippen molar-refractivity contribution in [2.45, 2.75) is 13.3 Å². The van der Waals surface area contributed by atoms with Crippen LogP contribution in [0.5, 0.6) is 0 Å². The SMILES string of the molecule is Cc1ncccc1NC(=O)c1ccc2c(c1)Cc1ccccc1-2. The number of hydrogen-bond donors (Lipinski definition) is 1. The molecule has 1 aliphatic rings. The van der Waals surface area contributed by atoms with Gasteiger partial charge in [0.1, 0.15) is 0 Å². The number of aromatic nitrogens is 1. The summed E-state index contributed by atoms with van der Waals surface area (Å²) in [7, 11) is 0. The first-order valence-corrected chi connectivity index (χ1v) is 7.66. The molecule has 0 bridgehead atoms. The van der Waals surface area contributed by atoms with Crippen molar-refractivity contribution in [3.63, 3.8) is 0 Å². The standard InChI is InChI=1S/C20H16N2O/c1-13-19(7-4-10-21-13)22-20(23)15-8-9-18-16(12-15)11-14-5-2-3-6-17(14)18/h2-10,12H,11H2,1H3,(H,22,23). The summed E-state index contributed by atoms with van der Waals surface area (Å²) in [6.45, 7) is 1.88. The maximum Gasteiger partial charge on any atom is 0.255 e. The van der Waals surface area contributed by atoms with Crippen LogP contribution in [0.3, 0.4) is 0 Å². The Hall–Kier alpha value is -2.94. The van der Waals surface area contributed by atoms with Crippen molar-refractivity contribution in [3.05, 3.63) is 83.2 Å². The molecule has 1 amide bonds. The van der Waals surface area contributed by atoms with Crippen LogP contribution < -0.4 is 5.32 Å². The highest BCUT2D eigenvalue weighted by Crippen LogP contribution is 2.36. The predicted octanol–water partition coefficient (Wildman–Crippen LogP) is 4.21. The molecule has 1 heterocycles. The molecule has 3 nitrogen and oxygen atoms in total. The molecular weight excluding hydrogens is 284 g/mol. The van der Waals surface area contributed by atoms with Crippen molar-refractivity contribution in [1.82, 2.24) is 4.98 Å². The Balaban J connectivity index is 1.63. The largest absolute Gasteiger partial charge is 0.320 e. The molecule has 1 N–H and O–H groups in total. The molecule has 1 aromatic heterocycles. The number of aryl methyl sites for hydroxylation is 1. The first kappa shape index (κ1) is 13.7. The Kier molecular flexibility index (Phi) is 3.19. The zero-order chi connectivity index (χ0) is 15.8. The number of amides is 1. The zero-order valence-corrected chi connectivity index (χ0v) is 12.8. The minimum atomic E-state index is -0.0974. The minimum absolute atomic E-state index is 0.0974. The first-order valence-electron chi connectivity index (χ1n) is 7.66. The van der Waals surface area contributed by atoms with Crippen LogP contribution in [0.25, 0.3) is 11.1 Å². The predicted molar refractivity (Wildman–Crippen MR) is 91.6 cm³/mol. The van der Waals surface area contributed by atoms with Gasteiger partial charge in [0, 0.05) is 11.8 Å². The fourth-order valence-electron chi connectivity index (χ4n) is 3.10. The lowest BCUT2D eigenvalue weighted by Crippen LogP contribution is -2.13. The normalized spacial score (nSPS) is 11.7. The first-order chi connectivity index (χ1) is 11.2. The van der Waals surface area contributed by atoms with E-state index in [-0.39, 0.29) is 5.91 Å². The fourth-order valence-corrected chi connectivity index (χ4v) is 3.10. The number of rotatable bonds is 2. The summed E-state index contributed by atoms with van der Waals surface area (Å²) in [6.07, 6.45) is 2.61. The Labute approximate surface area is 135 Å². The second-order valence-electron chi connectivity index (χ2n) is 5.80. The summed E-state index contributed by atoms with van der Waals surface area (Å²) in [6, 6.07) is 18.0. The molecule has 0 aliphatic heterocycles. The molecule has 1 aliphatic carbocycles. The summed E-state index contributed by atoms with van der Waals surface area (Å²) in [5, 5.41) is 2.94. The molecule has 3 aromatic rings. The molecular formula is C20H16N2O. The van der Waals surface area contributed by atoms with E-state index in [1.165, 1.54) is 22.3 Å². The molecule has 3 heteroatoms. The average Bonchev–Trinajstić information content (AvgIpc) is 2.94. The van der Waals surface area contributed by atoms with Gasteiger partial charge in [-0.25, -0.2) is 0 Å². The van der Waals surface area contributed by atoms with E-state index in [0.717, 1.165) is 17.8 Å². The van der Waals surface area contributed by atoms with Gasteiger partial charge in [0.25, 0.3) is 5.91 Å². The molecule has 23 heavy (non-hydrogen) atoms. The third kappa shape index (κ3) is 2.40. The van der Waals surface area contributed by atoms with E-state index in [1.807, 2.05) is 37.3 Å². The van der Waals surface area contributed by atoms with Crippen LogP contribution in [0.2, 0.25) is 0 Å². The summed E-state index contributed by atoms with van der Waals surface area (Å²) in [4.78, 5) is 16.7. The Morgan fingerprint density at radius 3 is 2.70 bits per heavy atom. The number of carbonyl (C=O) groups excluding carboxylic acids is 1. The van der Waals surface area contributed by atoms with E-state index in [4.69, 9.17) is 0 Å². The van der Waals surface area contributed by atoms with E-state index in [2.05, 4.69) is 34.6 Å². The van der Waals surface area contributed by atoms with Gasteiger partial charge in [-0.1, -0.05) is 30.3 Å². The number of hydrogen-bond acceptors (Lipinski definition) is 2. The van der Waals surface area contributed by atoms with Crippen LogP contribution in [0.1, 0.15) is 27.2 Å². The molecule has 0 saturated heterocycles. The summed E-state index contributed by atoms with van der Waals surface area (Å²) < 4.78 is 0. The van der Waals surface area contributed by atoms with Gasteiger partial charge in [-0.15, -0.1) is 0 Å². The second-order valence-corrected chi connectivity index (χ2v) is 5.80. The third-order valence-corrected chi connectivity index (χ3v) is 4.31. The lowest BCUT2D eigenvalue weighted by molar-refractivity contribution is 0.102. The van der Waals surface area contributed by atoms with Gasteiger partial charge in [0.2, 0.25) is 0 Å². The van der Waals surface area contributed by atoms with E-state index >= 15 is 0 Å². The van der Waals surface area contributed by atoms with Gasteiger partial charge in [-0.2, -0.15) is 0 Å². The fraction of sp³-hybridized carbons (Fsp3) is 0.100. The van der Waals surface area contributed by atoms with E-state index in [9.17, 15) is 4.79 Å². The topological polar surface area (TPSA) is 42.0 Å². The Morgan fingerprint density at radius 1 is 1.00 bits per heavy atom. The monoisotopic (exact) mass is 300 g/mol. The van der Waals surface area contributed by atoms with E-state index in [0.29, 0.717) is 5.56 Å². The van der Waals surface area contributed by atoms with E-state index in [1.54, 1.807) is 6.20 Å². The molecule has 0 saturated carbocycles. The van der Waals surface area contributed by atoms with Gasteiger partial charge in [-0.3, -0.25) is 9.78 Å². The van der Waals surface area contributed by atoms with Crippen LogP contribution in [0.15, 0.2) is 60.8 Å². The maximum absolute atomic E-state index is 12.5.